The minimum Gasteiger partial charge on any atom is -0.453 e. The topological polar surface area (TPSA) is 61.5 Å². The van der Waals surface area contributed by atoms with Crippen molar-refractivity contribution >= 4 is 5.97 Å². The number of ether oxygens (including phenoxy) is 2. The average Bonchev–Trinajstić information content (AvgIpc) is 3.37. The van der Waals surface area contributed by atoms with Crippen molar-refractivity contribution in [2.75, 3.05) is 0 Å². The largest absolute Gasteiger partial charge is 0.453 e. The maximum absolute atomic E-state index is 13.0. The van der Waals surface area contributed by atoms with Crippen LogP contribution in [-0.4, -0.2) is 24.2 Å². The first kappa shape index (κ1) is 14.7. The lowest BCUT2D eigenvalue weighted by molar-refractivity contribution is -0.174. The normalized spacial score (nSPS) is 45.0. The summed E-state index contributed by atoms with van der Waals surface area (Å²) >= 11 is 0. The Morgan fingerprint density at radius 2 is 2.04 bits per heavy atom. The van der Waals surface area contributed by atoms with Gasteiger partial charge in [0.1, 0.15) is 5.60 Å². The summed E-state index contributed by atoms with van der Waals surface area (Å²) < 4.78 is 12.0. The summed E-state index contributed by atoms with van der Waals surface area (Å²) in [6, 6.07) is 10.3. The molecular formula is C20H23NO3. The third-order valence-electron chi connectivity index (χ3n) is 6.60. The van der Waals surface area contributed by atoms with Crippen molar-refractivity contribution < 1.29 is 14.3 Å². The highest BCUT2D eigenvalue weighted by molar-refractivity contribution is 5.75. The number of rotatable bonds is 3. The molecule has 2 N–H and O–H groups in total. The summed E-state index contributed by atoms with van der Waals surface area (Å²) in [6.45, 7) is 0. The second-order valence-corrected chi connectivity index (χ2v) is 7.77. The van der Waals surface area contributed by atoms with Crippen molar-refractivity contribution in [3.05, 3.63) is 48.0 Å². The van der Waals surface area contributed by atoms with E-state index in [9.17, 15) is 4.79 Å². The number of esters is 1. The molecule has 0 radical (unpaired) electrons. The van der Waals surface area contributed by atoms with E-state index in [-0.39, 0.29) is 36.1 Å². The zero-order valence-electron chi connectivity index (χ0n) is 13.6. The molecule has 5 rings (SSSR count). The summed E-state index contributed by atoms with van der Waals surface area (Å²) in [7, 11) is 0. The lowest BCUT2D eigenvalue weighted by Gasteiger charge is -2.39. The molecule has 4 nitrogen and oxygen atoms in total. The SMILES string of the molecule is NC1C2CCC1C(OC(=O)C1CC3C=CC1O3)(c1ccccc1)C2. The van der Waals surface area contributed by atoms with E-state index < -0.39 is 5.60 Å². The van der Waals surface area contributed by atoms with Gasteiger partial charge in [-0.3, -0.25) is 4.79 Å². The van der Waals surface area contributed by atoms with Crippen LogP contribution in [0, 0.1) is 17.8 Å². The predicted octanol–water partition coefficient (Wildman–Crippen LogP) is 2.53. The van der Waals surface area contributed by atoms with E-state index in [0.717, 1.165) is 31.2 Å². The van der Waals surface area contributed by atoms with Gasteiger partial charge < -0.3 is 15.2 Å². The molecule has 2 aliphatic heterocycles. The van der Waals surface area contributed by atoms with Crippen LogP contribution in [0.5, 0.6) is 0 Å². The van der Waals surface area contributed by atoms with Crippen molar-refractivity contribution in [3.63, 3.8) is 0 Å². The van der Waals surface area contributed by atoms with Crippen LogP contribution >= 0.6 is 0 Å². The highest BCUT2D eigenvalue weighted by Crippen LogP contribution is 2.57. The maximum Gasteiger partial charge on any atom is 0.312 e. The molecule has 4 heteroatoms. The smallest absolute Gasteiger partial charge is 0.312 e. The predicted molar refractivity (Wildman–Crippen MR) is 88.9 cm³/mol. The fourth-order valence-corrected chi connectivity index (χ4v) is 5.42. The molecule has 0 spiro atoms. The fraction of sp³-hybridized carbons (Fsp3) is 0.550. The summed E-state index contributed by atoms with van der Waals surface area (Å²) in [5.74, 6) is 0.398. The van der Waals surface area contributed by atoms with E-state index in [1.54, 1.807) is 0 Å². The highest BCUT2D eigenvalue weighted by atomic mass is 16.6. The van der Waals surface area contributed by atoms with Gasteiger partial charge in [-0.15, -0.1) is 0 Å². The summed E-state index contributed by atoms with van der Waals surface area (Å²) in [5, 5.41) is 0. The first-order valence-electron chi connectivity index (χ1n) is 9.05. The molecule has 2 heterocycles. The molecule has 3 fully saturated rings. The van der Waals surface area contributed by atoms with Crippen LogP contribution in [0.1, 0.15) is 31.2 Å². The summed E-state index contributed by atoms with van der Waals surface area (Å²) in [5.41, 5.74) is 7.01. The molecule has 1 aromatic rings. The molecule has 7 unspecified atom stereocenters. The van der Waals surface area contributed by atoms with Crippen molar-refractivity contribution in [1.29, 1.82) is 0 Å². The molecule has 0 aromatic heterocycles. The minimum atomic E-state index is -0.549. The standard InChI is InChI=1S/C20H23NO3/c21-18-12-6-8-16(18)20(11-12,13-4-2-1-3-5-13)24-19(22)15-10-14-7-9-17(15)23-14/h1-5,7,9,12,14-18H,6,8,10-11,21H2. The van der Waals surface area contributed by atoms with Gasteiger partial charge in [-0.25, -0.2) is 0 Å². The maximum atomic E-state index is 13.0. The van der Waals surface area contributed by atoms with E-state index >= 15 is 0 Å². The number of fused-ring (bicyclic) bond motifs is 4. The molecule has 0 amide bonds. The number of carbonyl (C=O) groups excluding carboxylic acids is 1. The van der Waals surface area contributed by atoms with Gasteiger partial charge in [0.15, 0.2) is 0 Å². The molecular weight excluding hydrogens is 302 g/mol. The second kappa shape index (κ2) is 5.17. The van der Waals surface area contributed by atoms with Gasteiger partial charge in [-0.05, 0) is 37.2 Å². The van der Waals surface area contributed by atoms with E-state index in [0.29, 0.717) is 5.92 Å². The Kier molecular flexibility index (Phi) is 3.16. The Morgan fingerprint density at radius 1 is 1.21 bits per heavy atom. The molecule has 2 aliphatic carbocycles. The van der Waals surface area contributed by atoms with E-state index in [4.69, 9.17) is 15.2 Å². The van der Waals surface area contributed by atoms with Gasteiger partial charge in [0.05, 0.1) is 18.1 Å². The highest BCUT2D eigenvalue weighted by Gasteiger charge is 2.60. The number of benzene rings is 1. The fourth-order valence-electron chi connectivity index (χ4n) is 5.42. The van der Waals surface area contributed by atoms with Crippen molar-refractivity contribution in [1.82, 2.24) is 0 Å². The van der Waals surface area contributed by atoms with Crippen molar-refractivity contribution in [2.24, 2.45) is 23.5 Å². The van der Waals surface area contributed by atoms with Gasteiger partial charge in [0, 0.05) is 12.0 Å². The van der Waals surface area contributed by atoms with Crippen LogP contribution in [0.15, 0.2) is 42.5 Å². The number of nitrogens with two attached hydrogens (primary N) is 1. The lowest BCUT2D eigenvalue weighted by Crippen LogP contribution is -2.43. The van der Waals surface area contributed by atoms with E-state index in [1.165, 1.54) is 0 Å². The van der Waals surface area contributed by atoms with Crippen LogP contribution < -0.4 is 5.73 Å². The van der Waals surface area contributed by atoms with Gasteiger partial charge in [-0.1, -0.05) is 42.5 Å². The molecule has 24 heavy (non-hydrogen) atoms. The zero-order chi connectivity index (χ0) is 16.3. The number of carbonyl (C=O) groups is 1. The lowest BCUT2D eigenvalue weighted by atomic mass is 9.78. The Morgan fingerprint density at radius 3 is 2.62 bits per heavy atom. The summed E-state index contributed by atoms with van der Waals surface area (Å²) in [4.78, 5) is 13.0. The number of hydrogen-bond acceptors (Lipinski definition) is 4. The molecule has 4 aliphatic rings. The molecule has 7 atom stereocenters. The third-order valence-corrected chi connectivity index (χ3v) is 6.60. The van der Waals surface area contributed by atoms with Gasteiger partial charge in [-0.2, -0.15) is 0 Å². The molecule has 4 bridgehead atoms. The van der Waals surface area contributed by atoms with Crippen molar-refractivity contribution in [2.45, 2.75) is 49.5 Å². The monoisotopic (exact) mass is 325 g/mol. The van der Waals surface area contributed by atoms with E-state index in [2.05, 4.69) is 18.2 Å². The minimum absolute atomic E-state index is 0.0857. The second-order valence-electron chi connectivity index (χ2n) is 7.77. The van der Waals surface area contributed by atoms with Crippen LogP contribution in [0.4, 0.5) is 0 Å². The van der Waals surface area contributed by atoms with Gasteiger partial charge in [0.2, 0.25) is 0 Å². The van der Waals surface area contributed by atoms with Crippen LogP contribution in [-0.2, 0) is 19.9 Å². The van der Waals surface area contributed by atoms with Crippen LogP contribution in [0.2, 0.25) is 0 Å². The van der Waals surface area contributed by atoms with Crippen molar-refractivity contribution in [3.8, 4) is 0 Å². The Labute approximate surface area is 142 Å². The molecule has 1 aromatic carbocycles. The molecule has 2 saturated carbocycles. The quantitative estimate of drug-likeness (QED) is 0.685. The first-order chi connectivity index (χ1) is 11.7. The molecule has 126 valence electrons. The zero-order valence-corrected chi connectivity index (χ0v) is 13.6. The van der Waals surface area contributed by atoms with Crippen LogP contribution in [0.25, 0.3) is 0 Å². The Bertz CT molecular complexity index is 687. The Hall–Kier alpha value is -1.65. The molecule has 1 saturated heterocycles. The van der Waals surface area contributed by atoms with Gasteiger partial charge >= 0.3 is 5.97 Å². The van der Waals surface area contributed by atoms with Gasteiger partial charge in [0.25, 0.3) is 0 Å². The van der Waals surface area contributed by atoms with Crippen LogP contribution in [0.3, 0.4) is 0 Å². The third kappa shape index (κ3) is 1.96. The van der Waals surface area contributed by atoms with E-state index in [1.807, 2.05) is 24.3 Å². The number of hydrogen-bond donors (Lipinski definition) is 1. The first-order valence-corrected chi connectivity index (χ1v) is 9.05. The average molecular weight is 325 g/mol. The Balaban J connectivity index is 1.47. The summed E-state index contributed by atoms with van der Waals surface area (Å²) in [6.07, 6.45) is 7.82.